The predicted molar refractivity (Wildman–Crippen MR) is 73.6 cm³/mol. The molecule has 0 aliphatic heterocycles. The molecule has 0 saturated heterocycles. The van der Waals surface area contributed by atoms with E-state index >= 15 is 0 Å². The highest BCUT2D eigenvalue weighted by Crippen LogP contribution is 2.12. The van der Waals surface area contributed by atoms with Gasteiger partial charge in [-0.15, -0.1) is 5.10 Å². The van der Waals surface area contributed by atoms with Gasteiger partial charge in [-0.2, -0.15) is 0 Å². The average molecular weight is 288 g/mol. The molecule has 8 heteroatoms. The third kappa shape index (κ3) is 5.07. The summed E-state index contributed by atoms with van der Waals surface area (Å²) in [6.07, 6.45) is 1.06. The lowest BCUT2D eigenvalue weighted by Gasteiger charge is -2.19. The Hall–Kier alpha value is -1.28. The van der Waals surface area contributed by atoms with Crippen molar-refractivity contribution < 1.29 is 9.90 Å². The Morgan fingerprint density at radius 2 is 2.21 bits per heavy atom. The molecule has 19 heavy (non-hydrogen) atoms. The largest absolute Gasteiger partial charge is 0.481 e. The predicted octanol–water partition coefficient (Wildman–Crippen LogP) is 0.480. The summed E-state index contributed by atoms with van der Waals surface area (Å²) < 4.78 is 1.49. The standard InChI is InChI=1S/C11H20N4O3S/c1-3-5-14(4-2)6-7-15-10(18)12-13-11(15)19-8-9(16)17/h3-8H2,1-2H3,(H,12,18)(H,16,17). The van der Waals surface area contributed by atoms with E-state index < -0.39 is 5.97 Å². The van der Waals surface area contributed by atoms with Gasteiger partial charge in [0.1, 0.15) is 0 Å². The molecule has 108 valence electrons. The monoisotopic (exact) mass is 288 g/mol. The van der Waals surface area contributed by atoms with Crippen molar-refractivity contribution in [3.05, 3.63) is 10.5 Å². The van der Waals surface area contributed by atoms with Gasteiger partial charge in [0.25, 0.3) is 0 Å². The Labute approximate surface area is 116 Å². The first-order valence-corrected chi connectivity index (χ1v) is 7.29. The topological polar surface area (TPSA) is 91.2 Å². The van der Waals surface area contributed by atoms with E-state index in [1.807, 2.05) is 0 Å². The van der Waals surface area contributed by atoms with Crippen LogP contribution in [0.3, 0.4) is 0 Å². The minimum atomic E-state index is -0.923. The van der Waals surface area contributed by atoms with Gasteiger partial charge in [0.15, 0.2) is 5.16 Å². The van der Waals surface area contributed by atoms with Crippen molar-refractivity contribution in [3.8, 4) is 0 Å². The smallest absolute Gasteiger partial charge is 0.344 e. The molecule has 1 aromatic heterocycles. The fourth-order valence-corrected chi connectivity index (χ4v) is 2.42. The van der Waals surface area contributed by atoms with E-state index in [0.717, 1.165) is 37.8 Å². The highest BCUT2D eigenvalue weighted by atomic mass is 32.2. The van der Waals surface area contributed by atoms with Gasteiger partial charge in [-0.05, 0) is 19.5 Å². The number of carboxylic acid groups (broad SMARTS) is 1. The lowest BCUT2D eigenvalue weighted by atomic mass is 10.4. The Kier molecular flexibility index (Phi) is 6.65. The number of hydrogen-bond acceptors (Lipinski definition) is 5. The van der Waals surface area contributed by atoms with Crippen LogP contribution in [0.1, 0.15) is 20.3 Å². The minimum absolute atomic E-state index is 0.100. The second-order valence-corrected chi connectivity index (χ2v) is 5.02. The van der Waals surface area contributed by atoms with Crippen molar-refractivity contribution in [1.29, 1.82) is 0 Å². The second kappa shape index (κ2) is 8.00. The van der Waals surface area contributed by atoms with E-state index in [2.05, 4.69) is 28.9 Å². The van der Waals surface area contributed by atoms with Gasteiger partial charge in [0, 0.05) is 13.1 Å². The molecule has 7 nitrogen and oxygen atoms in total. The van der Waals surface area contributed by atoms with Gasteiger partial charge in [-0.1, -0.05) is 25.6 Å². The number of thioether (sulfide) groups is 1. The SMILES string of the molecule is CCCN(CC)CCn1c(SCC(=O)O)n[nH]c1=O. The zero-order valence-electron chi connectivity index (χ0n) is 11.3. The number of carbonyl (C=O) groups is 1. The van der Waals surface area contributed by atoms with E-state index in [-0.39, 0.29) is 11.4 Å². The summed E-state index contributed by atoms with van der Waals surface area (Å²) in [5.74, 6) is -1.02. The van der Waals surface area contributed by atoms with Gasteiger partial charge < -0.3 is 10.0 Å². The molecule has 0 radical (unpaired) electrons. The first kappa shape index (κ1) is 15.8. The lowest BCUT2D eigenvalue weighted by Crippen LogP contribution is -2.31. The average Bonchev–Trinajstić information content (AvgIpc) is 2.73. The van der Waals surface area contributed by atoms with E-state index in [4.69, 9.17) is 5.11 Å². The van der Waals surface area contributed by atoms with Crippen LogP contribution in [0, 0.1) is 0 Å². The molecule has 0 saturated carbocycles. The highest BCUT2D eigenvalue weighted by Gasteiger charge is 2.11. The number of nitrogens with zero attached hydrogens (tertiary/aromatic N) is 3. The number of carboxylic acids is 1. The zero-order valence-corrected chi connectivity index (χ0v) is 12.1. The van der Waals surface area contributed by atoms with E-state index in [1.165, 1.54) is 4.57 Å². The first-order valence-electron chi connectivity index (χ1n) is 6.30. The van der Waals surface area contributed by atoms with Gasteiger partial charge in [0.05, 0.1) is 5.75 Å². The summed E-state index contributed by atoms with van der Waals surface area (Å²) in [5.41, 5.74) is -0.291. The highest BCUT2D eigenvalue weighted by molar-refractivity contribution is 7.99. The van der Waals surface area contributed by atoms with Crippen LogP contribution in [-0.4, -0.2) is 56.1 Å². The Morgan fingerprint density at radius 3 is 2.79 bits per heavy atom. The summed E-state index contributed by atoms with van der Waals surface area (Å²) in [4.78, 5) is 24.4. The number of H-pyrrole nitrogens is 1. The van der Waals surface area contributed by atoms with Gasteiger partial charge in [-0.3, -0.25) is 9.36 Å². The molecule has 0 aliphatic rings. The van der Waals surface area contributed by atoms with Crippen molar-refractivity contribution in [1.82, 2.24) is 19.7 Å². The van der Waals surface area contributed by atoms with Crippen LogP contribution < -0.4 is 5.69 Å². The number of aromatic amines is 1. The maximum Gasteiger partial charge on any atom is 0.344 e. The van der Waals surface area contributed by atoms with Crippen molar-refractivity contribution in [3.63, 3.8) is 0 Å². The molecule has 0 aromatic carbocycles. The molecule has 0 aliphatic carbocycles. The molecular weight excluding hydrogens is 268 g/mol. The molecule has 0 spiro atoms. The molecule has 2 N–H and O–H groups in total. The molecule has 0 bridgehead atoms. The molecule has 1 aromatic rings. The van der Waals surface area contributed by atoms with Crippen molar-refractivity contribution in [2.75, 3.05) is 25.4 Å². The van der Waals surface area contributed by atoms with Gasteiger partial charge in [-0.25, -0.2) is 9.89 Å². The van der Waals surface area contributed by atoms with Crippen LogP contribution in [0.4, 0.5) is 0 Å². The maximum absolute atomic E-state index is 11.6. The molecular formula is C11H20N4O3S. The first-order chi connectivity index (χ1) is 9.08. The normalized spacial score (nSPS) is 11.1. The second-order valence-electron chi connectivity index (χ2n) is 4.08. The Bertz CT molecular complexity index is 457. The van der Waals surface area contributed by atoms with Crippen LogP contribution in [0.25, 0.3) is 0 Å². The molecule has 1 heterocycles. The Morgan fingerprint density at radius 1 is 1.47 bits per heavy atom. The minimum Gasteiger partial charge on any atom is -0.481 e. The van der Waals surface area contributed by atoms with Crippen molar-refractivity contribution in [2.45, 2.75) is 32.0 Å². The number of aliphatic carboxylic acids is 1. The zero-order chi connectivity index (χ0) is 14.3. The molecule has 0 atom stereocenters. The Balaban J connectivity index is 2.63. The number of likely N-dealkylation sites (N-methyl/N-ethyl adjacent to an activating group) is 1. The maximum atomic E-state index is 11.6. The van der Waals surface area contributed by atoms with Crippen molar-refractivity contribution in [2.24, 2.45) is 0 Å². The number of nitrogens with one attached hydrogen (secondary N) is 1. The molecule has 0 unspecified atom stereocenters. The lowest BCUT2D eigenvalue weighted by molar-refractivity contribution is -0.133. The molecule has 1 rings (SSSR count). The van der Waals surface area contributed by atoms with E-state index in [9.17, 15) is 9.59 Å². The fraction of sp³-hybridized carbons (Fsp3) is 0.727. The quantitative estimate of drug-likeness (QED) is 0.642. The summed E-state index contributed by atoms with van der Waals surface area (Å²) >= 11 is 1.05. The van der Waals surface area contributed by atoms with E-state index in [0.29, 0.717) is 11.7 Å². The fourth-order valence-electron chi connectivity index (χ4n) is 1.72. The van der Waals surface area contributed by atoms with Crippen LogP contribution in [-0.2, 0) is 11.3 Å². The third-order valence-corrected chi connectivity index (χ3v) is 3.64. The molecule has 0 amide bonds. The van der Waals surface area contributed by atoms with Gasteiger partial charge >= 0.3 is 11.7 Å². The number of rotatable bonds is 9. The summed E-state index contributed by atoms with van der Waals surface area (Å²) in [5, 5.41) is 15.3. The number of hydrogen-bond donors (Lipinski definition) is 2. The summed E-state index contributed by atoms with van der Waals surface area (Å²) in [6.45, 7) is 7.38. The summed E-state index contributed by atoms with van der Waals surface area (Å²) in [7, 11) is 0. The van der Waals surface area contributed by atoms with E-state index in [1.54, 1.807) is 0 Å². The molecule has 0 fully saturated rings. The van der Waals surface area contributed by atoms with Crippen LogP contribution in [0.15, 0.2) is 9.95 Å². The number of aromatic nitrogens is 3. The van der Waals surface area contributed by atoms with Crippen LogP contribution in [0.2, 0.25) is 0 Å². The summed E-state index contributed by atoms with van der Waals surface area (Å²) in [6, 6.07) is 0. The third-order valence-electron chi connectivity index (χ3n) is 2.67. The van der Waals surface area contributed by atoms with Crippen molar-refractivity contribution >= 4 is 17.7 Å². The van der Waals surface area contributed by atoms with Crippen LogP contribution >= 0.6 is 11.8 Å². The van der Waals surface area contributed by atoms with Crippen LogP contribution in [0.5, 0.6) is 0 Å². The van der Waals surface area contributed by atoms with Gasteiger partial charge in [0.2, 0.25) is 0 Å².